The first kappa shape index (κ1) is 11.1. The average Bonchev–Trinajstić information content (AvgIpc) is 2.03. The SMILES string of the molecule is CCCOCO[SiH2]CCCN. The van der Waals surface area contributed by atoms with E-state index < -0.39 is 0 Å². The molecule has 0 aromatic heterocycles. The molecule has 11 heavy (non-hydrogen) atoms. The summed E-state index contributed by atoms with van der Waals surface area (Å²) in [6.07, 6.45) is 2.16. The van der Waals surface area contributed by atoms with Crippen LogP contribution in [-0.4, -0.2) is 29.7 Å². The normalized spacial score (nSPS) is 11.5. The Bertz CT molecular complexity index is 65.5. The maximum absolute atomic E-state index is 5.33. The van der Waals surface area contributed by atoms with Crippen LogP contribution in [0.4, 0.5) is 0 Å². The first-order valence-corrected chi connectivity index (χ1v) is 5.85. The van der Waals surface area contributed by atoms with Gasteiger partial charge in [-0.25, -0.2) is 0 Å². The van der Waals surface area contributed by atoms with E-state index in [4.69, 9.17) is 14.9 Å². The molecule has 0 aromatic rings. The molecule has 2 N–H and O–H groups in total. The van der Waals surface area contributed by atoms with Crippen molar-refractivity contribution in [2.45, 2.75) is 25.8 Å². The molecule has 3 nitrogen and oxygen atoms in total. The molecular formula is C7H19NO2Si. The number of hydrogen-bond donors (Lipinski definition) is 1. The van der Waals surface area contributed by atoms with Crippen LogP contribution >= 0.6 is 0 Å². The van der Waals surface area contributed by atoms with Crippen LogP contribution in [0.5, 0.6) is 0 Å². The van der Waals surface area contributed by atoms with Gasteiger partial charge in [-0.05, 0) is 25.4 Å². The largest absolute Gasteiger partial charge is 0.402 e. The summed E-state index contributed by atoms with van der Waals surface area (Å²) in [5.41, 5.74) is 5.33. The zero-order chi connectivity index (χ0) is 8.36. The van der Waals surface area contributed by atoms with Gasteiger partial charge in [0.05, 0.1) is 0 Å². The molecule has 0 saturated heterocycles. The van der Waals surface area contributed by atoms with Gasteiger partial charge in [-0.2, -0.15) is 0 Å². The quantitative estimate of drug-likeness (QED) is 0.328. The molecule has 0 radical (unpaired) electrons. The second-order valence-electron chi connectivity index (χ2n) is 2.43. The van der Waals surface area contributed by atoms with Gasteiger partial charge in [0.1, 0.15) is 6.79 Å². The van der Waals surface area contributed by atoms with E-state index in [0.29, 0.717) is 6.79 Å². The van der Waals surface area contributed by atoms with E-state index in [9.17, 15) is 0 Å². The van der Waals surface area contributed by atoms with Crippen molar-refractivity contribution >= 4 is 9.76 Å². The number of hydrogen-bond acceptors (Lipinski definition) is 3. The molecule has 0 aliphatic rings. The van der Waals surface area contributed by atoms with Gasteiger partial charge in [-0.1, -0.05) is 6.92 Å². The summed E-state index contributed by atoms with van der Waals surface area (Å²) in [4.78, 5) is 0. The Morgan fingerprint density at radius 1 is 1.45 bits per heavy atom. The smallest absolute Gasteiger partial charge is 0.164 e. The predicted molar refractivity (Wildman–Crippen MR) is 49.2 cm³/mol. The molecule has 0 heterocycles. The predicted octanol–water partition coefficient (Wildman–Crippen LogP) is 0.238. The van der Waals surface area contributed by atoms with E-state index in [2.05, 4.69) is 6.92 Å². The van der Waals surface area contributed by atoms with E-state index in [1.165, 1.54) is 6.04 Å². The van der Waals surface area contributed by atoms with Crippen molar-refractivity contribution in [1.82, 2.24) is 0 Å². The Balaban J connectivity index is 2.69. The van der Waals surface area contributed by atoms with E-state index in [0.717, 1.165) is 26.0 Å². The minimum atomic E-state index is -0.333. The lowest BCUT2D eigenvalue weighted by molar-refractivity contribution is 0.0173. The highest BCUT2D eigenvalue weighted by molar-refractivity contribution is 6.26. The van der Waals surface area contributed by atoms with Crippen LogP contribution in [0.25, 0.3) is 0 Å². The Morgan fingerprint density at radius 3 is 2.91 bits per heavy atom. The molecule has 0 aliphatic heterocycles. The molecular weight excluding hydrogens is 158 g/mol. The lowest BCUT2D eigenvalue weighted by Crippen LogP contribution is -2.07. The standard InChI is InChI=1S/C7H19NO2Si/c1-2-5-9-7-10-11-6-3-4-8/h2-8,11H2,1H3. The van der Waals surface area contributed by atoms with Crippen molar-refractivity contribution in [3.8, 4) is 0 Å². The maximum Gasteiger partial charge on any atom is 0.164 e. The molecule has 0 saturated carbocycles. The summed E-state index contributed by atoms with van der Waals surface area (Å²) in [6.45, 7) is 4.17. The second-order valence-corrected chi connectivity index (χ2v) is 3.95. The lowest BCUT2D eigenvalue weighted by Gasteiger charge is -2.03. The summed E-state index contributed by atoms with van der Waals surface area (Å²) >= 11 is 0. The zero-order valence-corrected chi connectivity index (χ0v) is 8.76. The zero-order valence-electron chi connectivity index (χ0n) is 7.34. The topological polar surface area (TPSA) is 44.5 Å². The van der Waals surface area contributed by atoms with Crippen LogP contribution in [0.1, 0.15) is 19.8 Å². The van der Waals surface area contributed by atoms with Crippen molar-refractivity contribution in [3.05, 3.63) is 0 Å². The number of rotatable bonds is 8. The fraction of sp³-hybridized carbons (Fsp3) is 1.00. The van der Waals surface area contributed by atoms with Crippen molar-refractivity contribution in [2.75, 3.05) is 19.9 Å². The Hall–Kier alpha value is 0.0969. The average molecular weight is 177 g/mol. The first-order valence-electron chi connectivity index (χ1n) is 4.27. The van der Waals surface area contributed by atoms with Gasteiger partial charge in [0, 0.05) is 6.61 Å². The van der Waals surface area contributed by atoms with Gasteiger partial charge >= 0.3 is 0 Å². The molecule has 0 unspecified atom stereocenters. The van der Waals surface area contributed by atoms with Crippen LogP contribution in [0.3, 0.4) is 0 Å². The first-order chi connectivity index (χ1) is 5.41. The molecule has 4 heteroatoms. The highest BCUT2D eigenvalue weighted by Gasteiger charge is 1.88. The Labute approximate surface area is 71.2 Å². The lowest BCUT2D eigenvalue weighted by atomic mass is 10.5. The highest BCUT2D eigenvalue weighted by atomic mass is 28.2. The molecule has 68 valence electrons. The minimum absolute atomic E-state index is 0.333. The minimum Gasteiger partial charge on any atom is -0.402 e. The summed E-state index contributed by atoms with van der Waals surface area (Å²) in [7, 11) is -0.333. The third kappa shape index (κ3) is 10.1. The molecule has 0 fully saturated rings. The maximum atomic E-state index is 5.33. The Morgan fingerprint density at radius 2 is 2.27 bits per heavy atom. The molecule has 0 atom stereocenters. The van der Waals surface area contributed by atoms with Crippen molar-refractivity contribution in [2.24, 2.45) is 5.73 Å². The van der Waals surface area contributed by atoms with Crippen LogP contribution in [0.15, 0.2) is 0 Å². The van der Waals surface area contributed by atoms with Gasteiger partial charge in [-0.3, -0.25) is 0 Å². The van der Waals surface area contributed by atoms with E-state index >= 15 is 0 Å². The van der Waals surface area contributed by atoms with Crippen molar-refractivity contribution in [1.29, 1.82) is 0 Å². The van der Waals surface area contributed by atoms with E-state index in [-0.39, 0.29) is 9.76 Å². The summed E-state index contributed by atoms with van der Waals surface area (Å²) < 4.78 is 10.4. The van der Waals surface area contributed by atoms with E-state index in [1.54, 1.807) is 0 Å². The van der Waals surface area contributed by atoms with Crippen LogP contribution in [-0.2, 0) is 9.16 Å². The molecule has 0 spiro atoms. The molecule has 0 aromatic carbocycles. The molecule has 0 aliphatic carbocycles. The van der Waals surface area contributed by atoms with Crippen molar-refractivity contribution < 1.29 is 9.16 Å². The van der Waals surface area contributed by atoms with Gasteiger partial charge in [0.15, 0.2) is 9.76 Å². The summed E-state index contributed by atoms with van der Waals surface area (Å²) in [5.74, 6) is 0. The van der Waals surface area contributed by atoms with Crippen LogP contribution < -0.4 is 5.73 Å². The third-order valence-electron chi connectivity index (χ3n) is 1.26. The fourth-order valence-electron chi connectivity index (χ4n) is 0.670. The summed E-state index contributed by atoms with van der Waals surface area (Å²) in [5, 5.41) is 0. The third-order valence-corrected chi connectivity index (χ3v) is 2.50. The Kier molecular flexibility index (Phi) is 10.2. The summed E-state index contributed by atoms with van der Waals surface area (Å²) in [6, 6.07) is 1.17. The highest BCUT2D eigenvalue weighted by Crippen LogP contribution is 1.87. The van der Waals surface area contributed by atoms with Crippen LogP contribution in [0, 0.1) is 0 Å². The molecule has 0 bridgehead atoms. The number of ether oxygens (including phenoxy) is 1. The number of nitrogens with two attached hydrogens (primary N) is 1. The van der Waals surface area contributed by atoms with Gasteiger partial charge in [0.25, 0.3) is 0 Å². The van der Waals surface area contributed by atoms with Crippen LogP contribution in [0.2, 0.25) is 6.04 Å². The van der Waals surface area contributed by atoms with E-state index in [1.807, 2.05) is 0 Å². The van der Waals surface area contributed by atoms with Gasteiger partial charge < -0.3 is 14.9 Å². The second kappa shape index (κ2) is 10.1. The molecule has 0 amide bonds. The van der Waals surface area contributed by atoms with Gasteiger partial charge in [0.2, 0.25) is 0 Å². The molecule has 0 rings (SSSR count). The monoisotopic (exact) mass is 177 g/mol. The van der Waals surface area contributed by atoms with Gasteiger partial charge in [-0.15, -0.1) is 0 Å². The fourth-order valence-corrected chi connectivity index (χ4v) is 1.60. The van der Waals surface area contributed by atoms with Crippen molar-refractivity contribution in [3.63, 3.8) is 0 Å².